The van der Waals surface area contributed by atoms with E-state index in [-0.39, 0.29) is 23.4 Å². The SMILES string of the molecule is C=C[C@]1(C)CC[C@]2(C)[C@H](CC=C3[C@H]2CC[C@@H](O)[C@]3(C)COC(C)=O)C1. The Morgan fingerprint density at radius 1 is 1.36 bits per heavy atom. The zero-order chi connectivity index (χ0) is 18.5. The van der Waals surface area contributed by atoms with Crippen molar-refractivity contribution in [2.75, 3.05) is 6.61 Å². The summed E-state index contributed by atoms with van der Waals surface area (Å²) >= 11 is 0. The molecular weight excluding hydrogens is 312 g/mol. The molecule has 2 fully saturated rings. The molecule has 3 heteroatoms. The van der Waals surface area contributed by atoms with E-state index < -0.39 is 11.5 Å². The van der Waals surface area contributed by atoms with Gasteiger partial charge in [0.2, 0.25) is 0 Å². The number of carbonyl (C=O) groups excluding carboxylic acids is 1. The van der Waals surface area contributed by atoms with Gasteiger partial charge < -0.3 is 9.84 Å². The van der Waals surface area contributed by atoms with Gasteiger partial charge in [-0.3, -0.25) is 4.79 Å². The van der Waals surface area contributed by atoms with Crippen LogP contribution in [0.5, 0.6) is 0 Å². The van der Waals surface area contributed by atoms with Crippen LogP contribution in [0.4, 0.5) is 0 Å². The number of aliphatic hydroxyl groups excluding tert-OH is 1. The van der Waals surface area contributed by atoms with Crippen LogP contribution in [0.3, 0.4) is 0 Å². The Morgan fingerprint density at radius 2 is 2.08 bits per heavy atom. The number of fused-ring (bicyclic) bond motifs is 3. The summed E-state index contributed by atoms with van der Waals surface area (Å²) in [7, 11) is 0. The van der Waals surface area contributed by atoms with Crippen molar-refractivity contribution in [1.82, 2.24) is 0 Å². The second kappa shape index (κ2) is 6.26. The van der Waals surface area contributed by atoms with Gasteiger partial charge in [-0.2, -0.15) is 0 Å². The number of aliphatic hydroxyl groups is 1. The molecule has 6 atom stereocenters. The molecule has 3 nitrogen and oxygen atoms in total. The molecule has 0 aliphatic heterocycles. The van der Waals surface area contributed by atoms with Crippen LogP contribution in [0.1, 0.15) is 66.2 Å². The minimum absolute atomic E-state index is 0.255. The molecule has 0 heterocycles. The van der Waals surface area contributed by atoms with Crippen molar-refractivity contribution >= 4 is 5.97 Å². The number of esters is 1. The number of allylic oxidation sites excluding steroid dienone is 2. The fraction of sp³-hybridized carbons (Fsp3) is 0.773. The molecule has 0 aromatic heterocycles. The van der Waals surface area contributed by atoms with Crippen LogP contribution in [-0.2, 0) is 9.53 Å². The third-order valence-corrected chi connectivity index (χ3v) is 7.87. The minimum Gasteiger partial charge on any atom is -0.465 e. The molecule has 0 amide bonds. The van der Waals surface area contributed by atoms with Crippen LogP contribution >= 0.6 is 0 Å². The fourth-order valence-corrected chi connectivity index (χ4v) is 5.80. The molecule has 0 saturated heterocycles. The molecule has 25 heavy (non-hydrogen) atoms. The lowest BCUT2D eigenvalue weighted by molar-refractivity contribution is -0.148. The Hall–Kier alpha value is -1.09. The fourth-order valence-electron chi connectivity index (χ4n) is 5.80. The molecule has 0 spiro atoms. The number of hydrogen-bond donors (Lipinski definition) is 1. The van der Waals surface area contributed by atoms with Gasteiger partial charge in [-0.05, 0) is 61.2 Å². The average molecular weight is 347 g/mol. The highest BCUT2D eigenvalue weighted by Gasteiger charge is 2.56. The molecule has 140 valence electrons. The Morgan fingerprint density at radius 3 is 2.72 bits per heavy atom. The molecule has 0 bridgehead atoms. The van der Waals surface area contributed by atoms with Crippen LogP contribution in [0.25, 0.3) is 0 Å². The van der Waals surface area contributed by atoms with E-state index >= 15 is 0 Å². The molecule has 0 aromatic rings. The standard InChI is InChI=1S/C22H34O3/c1-6-20(3)11-12-21(4)16(13-20)7-8-18-17(21)9-10-19(24)22(18,5)14-25-15(2)23/h6,8,16-17,19,24H,1,7,9-14H2,2-5H3/t16-,17-,19-,20-,21-,22-/m1/s1. The van der Waals surface area contributed by atoms with E-state index in [0.717, 1.165) is 19.3 Å². The van der Waals surface area contributed by atoms with E-state index in [1.54, 1.807) is 0 Å². The first-order valence-electron chi connectivity index (χ1n) is 9.80. The lowest BCUT2D eigenvalue weighted by Gasteiger charge is -2.59. The van der Waals surface area contributed by atoms with Gasteiger partial charge >= 0.3 is 5.97 Å². The van der Waals surface area contributed by atoms with Crippen molar-refractivity contribution in [3.8, 4) is 0 Å². The van der Waals surface area contributed by atoms with Gasteiger partial charge in [0.15, 0.2) is 0 Å². The smallest absolute Gasteiger partial charge is 0.302 e. The number of ether oxygens (including phenoxy) is 1. The first-order valence-corrected chi connectivity index (χ1v) is 9.80. The van der Waals surface area contributed by atoms with Gasteiger partial charge in [0.25, 0.3) is 0 Å². The molecule has 2 saturated carbocycles. The first-order chi connectivity index (χ1) is 11.6. The minimum atomic E-state index is -0.443. The zero-order valence-electron chi connectivity index (χ0n) is 16.3. The van der Waals surface area contributed by atoms with Crippen LogP contribution in [-0.4, -0.2) is 23.8 Å². The summed E-state index contributed by atoms with van der Waals surface area (Å²) < 4.78 is 5.37. The van der Waals surface area contributed by atoms with Crippen LogP contribution in [0.2, 0.25) is 0 Å². The summed E-state index contributed by atoms with van der Waals surface area (Å²) in [5, 5.41) is 10.7. The summed E-state index contributed by atoms with van der Waals surface area (Å²) in [5.74, 6) is 0.895. The Balaban J connectivity index is 1.92. The summed E-state index contributed by atoms with van der Waals surface area (Å²) in [6, 6.07) is 0. The molecule has 3 aliphatic rings. The van der Waals surface area contributed by atoms with E-state index in [1.165, 1.54) is 31.8 Å². The summed E-state index contributed by atoms with van der Waals surface area (Å²) in [6.07, 6.45) is 10.6. The number of rotatable bonds is 3. The maximum Gasteiger partial charge on any atom is 0.302 e. The summed E-state index contributed by atoms with van der Waals surface area (Å²) in [6.45, 7) is 12.7. The van der Waals surface area contributed by atoms with Crippen molar-refractivity contribution < 1.29 is 14.6 Å². The molecule has 1 N–H and O–H groups in total. The zero-order valence-corrected chi connectivity index (χ0v) is 16.3. The van der Waals surface area contributed by atoms with Gasteiger partial charge in [0, 0.05) is 12.3 Å². The Kier molecular flexibility index (Phi) is 4.68. The van der Waals surface area contributed by atoms with Gasteiger partial charge in [-0.15, -0.1) is 6.58 Å². The highest BCUT2D eigenvalue weighted by Crippen LogP contribution is 2.63. The normalized spacial score (nSPS) is 46.4. The van der Waals surface area contributed by atoms with Crippen LogP contribution in [0.15, 0.2) is 24.3 Å². The van der Waals surface area contributed by atoms with E-state index in [9.17, 15) is 9.90 Å². The maximum atomic E-state index is 11.4. The van der Waals surface area contributed by atoms with E-state index in [1.807, 2.05) is 0 Å². The largest absolute Gasteiger partial charge is 0.465 e. The predicted octanol–water partition coefficient (Wildman–Crippen LogP) is 4.66. The highest BCUT2D eigenvalue weighted by molar-refractivity contribution is 5.66. The highest BCUT2D eigenvalue weighted by atomic mass is 16.5. The number of carbonyl (C=O) groups is 1. The van der Waals surface area contributed by atoms with Gasteiger partial charge in [-0.1, -0.05) is 38.5 Å². The second-order valence-electron chi connectivity index (χ2n) is 9.50. The Bertz CT molecular complexity index is 594. The predicted molar refractivity (Wildman–Crippen MR) is 99.9 cm³/mol. The Labute approximate surface area is 152 Å². The van der Waals surface area contributed by atoms with Gasteiger partial charge in [-0.25, -0.2) is 0 Å². The van der Waals surface area contributed by atoms with Crippen molar-refractivity contribution in [3.63, 3.8) is 0 Å². The van der Waals surface area contributed by atoms with Crippen LogP contribution < -0.4 is 0 Å². The lowest BCUT2D eigenvalue weighted by atomic mass is 9.46. The van der Waals surface area contributed by atoms with Crippen molar-refractivity contribution in [2.45, 2.75) is 72.3 Å². The van der Waals surface area contributed by atoms with E-state index in [2.05, 4.69) is 39.5 Å². The quantitative estimate of drug-likeness (QED) is 0.597. The monoisotopic (exact) mass is 346 g/mol. The van der Waals surface area contributed by atoms with Gasteiger partial charge in [0.1, 0.15) is 6.61 Å². The molecular formula is C22H34O3. The van der Waals surface area contributed by atoms with E-state index in [0.29, 0.717) is 11.8 Å². The third-order valence-electron chi connectivity index (χ3n) is 7.87. The van der Waals surface area contributed by atoms with Crippen molar-refractivity contribution in [3.05, 3.63) is 24.3 Å². The summed E-state index contributed by atoms with van der Waals surface area (Å²) in [5.41, 5.74) is 1.44. The average Bonchev–Trinajstić information content (AvgIpc) is 2.57. The maximum absolute atomic E-state index is 11.4. The third kappa shape index (κ3) is 2.99. The molecule has 0 aromatic carbocycles. The second-order valence-corrected chi connectivity index (χ2v) is 9.50. The topological polar surface area (TPSA) is 46.5 Å². The van der Waals surface area contributed by atoms with Crippen molar-refractivity contribution in [2.24, 2.45) is 28.1 Å². The molecule has 3 aliphatic carbocycles. The van der Waals surface area contributed by atoms with Gasteiger partial charge in [0.05, 0.1) is 6.10 Å². The lowest BCUT2D eigenvalue weighted by Crippen LogP contribution is -2.53. The van der Waals surface area contributed by atoms with Crippen molar-refractivity contribution in [1.29, 1.82) is 0 Å². The molecule has 0 radical (unpaired) electrons. The first kappa shape index (κ1) is 18.7. The summed E-state index contributed by atoms with van der Waals surface area (Å²) in [4.78, 5) is 11.4. The number of hydrogen-bond acceptors (Lipinski definition) is 3. The molecule has 3 rings (SSSR count). The van der Waals surface area contributed by atoms with Crippen LogP contribution in [0, 0.1) is 28.1 Å². The molecule has 0 unspecified atom stereocenters. The van der Waals surface area contributed by atoms with E-state index in [4.69, 9.17) is 4.74 Å².